The summed E-state index contributed by atoms with van der Waals surface area (Å²) in [4.78, 5) is 9.78. The molecule has 4 nitrogen and oxygen atoms in total. The van der Waals surface area contributed by atoms with Gasteiger partial charge in [0.2, 0.25) is 0 Å². The molecule has 0 fully saturated rings. The van der Waals surface area contributed by atoms with E-state index in [1.54, 1.807) is 0 Å². The molecule has 0 aromatic heterocycles. The Balaban J connectivity index is 1.68. The molecule has 0 amide bonds. The van der Waals surface area contributed by atoms with Crippen molar-refractivity contribution >= 4 is 22.8 Å². The maximum absolute atomic E-state index is 4.89. The highest BCUT2D eigenvalue weighted by atomic mass is 14.9. The van der Waals surface area contributed by atoms with Crippen molar-refractivity contribution in [3.05, 3.63) is 118 Å². The largest absolute Gasteiger partial charge is 0.359 e. The van der Waals surface area contributed by atoms with E-state index in [0.717, 1.165) is 22.8 Å². The van der Waals surface area contributed by atoms with E-state index in [2.05, 4.69) is 167 Å². The summed E-state index contributed by atoms with van der Waals surface area (Å²) < 4.78 is 0. The van der Waals surface area contributed by atoms with Crippen LogP contribution in [-0.4, -0.2) is 11.4 Å². The van der Waals surface area contributed by atoms with Gasteiger partial charge in [-0.05, 0) is 96.9 Å². The lowest BCUT2D eigenvalue weighted by molar-refractivity contribution is 0.837. The van der Waals surface area contributed by atoms with Gasteiger partial charge in [-0.25, -0.2) is 0 Å². The Morgan fingerprint density at radius 3 is 1.13 bits per heavy atom. The van der Waals surface area contributed by atoms with Crippen LogP contribution < -0.4 is 10.6 Å². The minimum Gasteiger partial charge on any atom is -0.359 e. The molecule has 0 aliphatic heterocycles. The zero-order chi connectivity index (χ0) is 34.0. The number of nitrogens with one attached hydrogen (secondary N) is 2. The lowest BCUT2D eigenvalue weighted by atomic mass is 9.92. The lowest BCUT2D eigenvalue weighted by Gasteiger charge is -2.21. The molecule has 0 atom stereocenters. The Hall–Kier alpha value is -3.92. The van der Waals surface area contributed by atoms with Crippen molar-refractivity contribution < 1.29 is 0 Å². The van der Waals surface area contributed by atoms with Crippen LogP contribution in [-0.2, 0) is 13.1 Å². The van der Waals surface area contributed by atoms with Gasteiger partial charge < -0.3 is 10.6 Å². The van der Waals surface area contributed by atoms with Gasteiger partial charge in [0.25, 0.3) is 0 Å². The second-order valence-electron chi connectivity index (χ2n) is 13.9. The van der Waals surface area contributed by atoms with Gasteiger partial charge in [0.15, 0.2) is 0 Å². The normalized spacial score (nSPS) is 13.4. The second-order valence-corrected chi connectivity index (χ2v) is 13.9. The Labute approximate surface area is 280 Å². The lowest BCUT2D eigenvalue weighted by Crippen LogP contribution is -2.07. The number of benzene rings is 3. The quantitative estimate of drug-likeness (QED) is 0.177. The zero-order valence-electron chi connectivity index (χ0n) is 30.5. The molecule has 0 saturated heterocycles. The van der Waals surface area contributed by atoms with Gasteiger partial charge in [-0.2, -0.15) is 0 Å². The summed E-state index contributed by atoms with van der Waals surface area (Å²) in [5.41, 5.74) is 14.5. The maximum Gasteiger partial charge on any atom is 0.0643 e. The minimum absolute atomic E-state index is 0.450. The first kappa shape index (κ1) is 36.5. The second kappa shape index (κ2) is 17.1. The Kier molecular flexibility index (Phi) is 13.6. The SMILES string of the molecule is CC(/C=C(/C)Nc1c(C(C)C)cccc1C(C)C)=NCc1cccc(CN=C(C)/C=C(/C)Nc2c(C(C)C)cccc2C(C)C)c1. The smallest absolute Gasteiger partial charge is 0.0643 e. The van der Waals surface area contributed by atoms with E-state index in [9.17, 15) is 0 Å². The van der Waals surface area contributed by atoms with Crippen LogP contribution in [0.4, 0.5) is 11.4 Å². The van der Waals surface area contributed by atoms with Crippen molar-refractivity contribution in [2.24, 2.45) is 9.98 Å². The zero-order valence-corrected chi connectivity index (χ0v) is 30.5. The van der Waals surface area contributed by atoms with Crippen LogP contribution in [0.3, 0.4) is 0 Å². The van der Waals surface area contributed by atoms with Gasteiger partial charge in [0.05, 0.1) is 13.1 Å². The fraction of sp³-hybridized carbons (Fsp3) is 0.429. The molecule has 0 heterocycles. The standard InChI is InChI=1S/C42H58N4/c1-27(2)37-18-14-19-38(28(3)4)41(37)45-33(11)22-31(9)43-25-35-16-13-17-36(24-35)26-44-32(10)23-34(12)46-42-39(29(5)6)20-15-21-40(42)30(7)8/h13-24,27-30,45-46H,25-26H2,1-12H3/b33-22-,34-23-,43-31?,44-32?. The van der Waals surface area contributed by atoms with Gasteiger partial charge in [-0.1, -0.05) is 116 Å². The molecule has 0 aliphatic carbocycles. The number of para-hydroxylation sites is 2. The summed E-state index contributed by atoms with van der Waals surface area (Å²) in [6, 6.07) is 21.9. The predicted octanol–water partition coefficient (Wildman–Crippen LogP) is 12.1. The van der Waals surface area contributed by atoms with Crippen molar-refractivity contribution in [3.63, 3.8) is 0 Å². The molecule has 0 unspecified atom stereocenters. The average Bonchev–Trinajstić information content (AvgIpc) is 2.98. The van der Waals surface area contributed by atoms with Crippen LogP contribution in [0, 0.1) is 0 Å². The first-order chi connectivity index (χ1) is 21.8. The van der Waals surface area contributed by atoms with Crippen LogP contribution >= 0.6 is 0 Å². The molecular formula is C42H58N4. The Morgan fingerprint density at radius 2 is 0.826 bits per heavy atom. The summed E-state index contributed by atoms with van der Waals surface area (Å²) in [6.07, 6.45) is 4.29. The van der Waals surface area contributed by atoms with Gasteiger partial charge in [0, 0.05) is 34.2 Å². The van der Waals surface area contributed by atoms with Crippen molar-refractivity contribution in [3.8, 4) is 0 Å². The molecule has 46 heavy (non-hydrogen) atoms. The number of rotatable bonds is 14. The first-order valence-corrected chi connectivity index (χ1v) is 17.0. The molecule has 0 saturated carbocycles. The van der Waals surface area contributed by atoms with Crippen molar-refractivity contribution in [1.82, 2.24) is 0 Å². The van der Waals surface area contributed by atoms with Crippen molar-refractivity contribution in [2.45, 2.75) is 120 Å². The number of aliphatic imine (C=N–C) groups is 2. The van der Waals surface area contributed by atoms with Gasteiger partial charge >= 0.3 is 0 Å². The van der Waals surface area contributed by atoms with Gasteiger partial charge in [-0.15, -0.1) is 0 Å². The molecule has 0 aliphatic rings. The molecular weight excluding hydrogens is 560 g/mol. The van der Waals surface area contributed by atoms with Crippen molar-refractivity contribution in [1.29, 1.82) is 0 Å². The molecule has 246 valence electrons. The predicted molar refractivity (Wildman–Crippen MR) is 204 cm³/mol. The number of allylic oxidation sites excluding steroid dienone is 4. The molecule has 0 radical (unpaired) electrons. The van der Waals surface area contributed by atoms with E-state index in [1.165, 1.54) is 44.8 Å². The first-order valence-electron chi connectivity index (χ1n) is 17.0. The molecule has 3 rings (SSSR count). The summed E-state index contributed by atoms with van der Waals surface area (Å²) >= 11 is 0. The third-order valence-electron chi connectivity index (χ3n) is 8.25. The highest BCUT2D eigenvalue weighted by molar-refractivity contribution is 5.94. The van der Waals surface area contributed by atoms with Crippen LogP contribution in [0.2, 0.25) is 0 Å². The number of anilines is 2. The summed E-state index contributed by atoms with van der Waals surface area (Å²) in [5, 5.41) is 7.41. The number of hydrogen-bond donors (Lipinski definition) is 2. The summed E-state index contributed by atoms with van der Waals surface area (Å²) in [7, 11) is 0. The van der Waals surface area contributed by atoms with Crippen LogP contribution in [0.5, 0.6) is 0 Å². The Bertz CT molecular complexity index is 1410. The van der Waals surface area contributed by atoms with E-state index >= 15 is 0 Å². The average molecular weight is 619 g/mol. The van der Waals surface area contributed by atoms with Crippen LogP contribution in [0.25, 0.3) is 0 Å². The molecule has 3 aromatic rings. The fourth-order valence-electron chi connectivity index (χ4n) is 5.83. The highest BCUT2D eigenvalue weighted by Crippen LogP contribution is 2.34. The Morgan fingerprint density at radius 1 is 0.522 bits per heavy atom. The number of nitrogens with zero attached hydrogens (tertiary/aromatic N) is 2. The third-order valence-corrected chi connectivity index (χ3v) is 8.25. The molecule has 0 spiro atoms. The van der Waals surface area contributed by atoms with Crippen LogP contribution in [0.15, 0.2) is 94.2 Å². The van der Waals surface area contributed by atoms with Gasteiger partial charge in [-0.3, -0.25) is 9.98 Å². The molecule has 2 N–H and O–H groups in total. The monoisotopic (exact) mass is 618 g/mol. The van der Waals surface area contributed by atoms with E-state index < -0.39 is 0 Å². The van der Waals surface area contributed by atoms with E-state index in [4.69, 9.17) is 9.98 Å². The summed E-state index contributed by atoms with van der Waals surface area (Å²) in [5.74, 6) is 1.80. The maximum atomic E-state index is 4.89. The third kappa shape index (κ3) is 10.6. The molecule has 3 aromatic carbocycles. The number of hydrogen-bond acceptors (Lipinski definition) is 4. The molecule has 0 bridgehead atoms. The van der Waals surface area contributed by atoms with Crippen LogP contribution in [0.1, 0.15) is 140 Å². The van der Waals surface area contributed by atoms with E-state index in [1.807, 2.05) is 0 Å². The van der Waals surface area contributed by atoms with E-state index in [-0.39, 0.29) is 0 Å². The highest BCUT2D eigenvalue weighted by Gasteiger charge is 2.15. The summed E-state index contributed by atoms with van der Waals surface area (Å²) in [6.45, 7) is 27.7. The fourth-order valence-corrected chi connectivity index (χ4v) is 5.83. The topological polar surface area (TPSA) is 48.8 Å². The van der Waals surface area contributed by atoms with E-state index in [0.29, 0.717) is 36.8 Å². The van der Waals surface area contributed by atoms with Gasteiger partial charge in [0.1, 0.15) is 0 Å². The van der Waals surface area contributed by atoms with Crippen molar-refractivity contribution in [2.75, 3.05) is 10.6 Å². The minimum atomic E-state index is 0.450. The molecule has 4 heteroatoms.